The van der Waals surface area contributed by atoms with Crippen LogP contribution in [0.25, 0.3) is 0 Å². The van der Waals surface area contributed by atoms with Crippen LogP contribution in [0.1, 0.15) is 33.3 Å². The number of benzene rings is 1. The van der Waals surface area contributed by atoms with Crippen LogP contribution in [0.3, 0.4) is 0 Å². The molecule has 1 amide bonds. The molecule has 29 heavy (non-hydrogen) atoms. The minimum atomic E-state index is -0.299. The first-order chi connectivity index (χ1) is 14.1. The highest BCUT2D eigenvalue weighted by atomic mass is 16.4. The highest BCUT2D eigenvalue weighted by Crippen LogP contribution is 2.14. The van der Waals surface area contributed by atoms with Crippen molar-refractivity contribution in [1.29, 1.82) is 0 Å². The van der Waals surface area contributed by atoms with Crippen LogP contribution in [0.15, 0.2) is 65.3 Å². The lowest BCUT2D eigenvalue weighted by Gasteiger charge is -2.02. The quantitative estimate of drug-likeness (QED) is 0.521. The van der Waals surface area contributed by atoms with E-state index in [4.69, 9.17) is 4.42 Å². The van der Waals surface area contributed by atoms with Gasteiger partial charge in [-0.05, 0) is 44.0 Å². The Morgan fingerprint density at radius 1 is 1.14 bits per heavy atom. The zero-order valence-electron chi connectivity index (χ0n) is 16.5. The van der Waals surface area contributed by atoms with E-state index in [0.29, 0.717) is 18.0 Å². The van der Waals surface area contributed by atoms with Crippen molar-refractivity contribution in [1.82, 2.24) is 19.6 Å². The second-order valence-corrected chi connectivity index (χ2v) is 7.03. The first kappa shape index (κ1) is 18.7. The summed E-state index contributed by atoms with van der Waals surface area (Å²) in [7, 11) is 0. The van der Waals surface area contributed by atoms with Gasteiger partial charge in [-0.3, -0.25) is 14.2 Å². The lowest BCUT2D eigenvalue weighted by Crippen LogP contribution is -2.10. The number of carbonyl (C=O) groups excluding carboxylic acids is 1. The molecular formula is C22H23N5O2. The van der Waals surface area contributed by atoms with Gasteiger partial charge >= 0.3 is 0 Å². The maximum atomic E-state index is 12.5. The maximum absolute atomic E-state index is 12.5. The van der Waals surface area contributed by atoms with Gasteiger partial charge in [-0.15, -0.1) is 0 Å². The van der Waals surface area contributed by atoms with Gasteiger partial charge in [-0.1, -0.05) is 30.3 Å². The Hall–Kier alpha value is -3.61. The lowest BCUT2D eigenvalue weighted by atomic mass is 10.1. The Kier molecular flexibility index (Phi) is 5.29. The van der Waals surface area contributed by atoms with E-state index < -0.39 is 0 Å². The fourth-order valence-electron chi connectivity index (χ4n) is 3.20. The first-order valence-corrected chi connectivity index (χ1v) is 9.54. The predicted molar refractivity (Wildman–Crippen MR) is 110 cm³/mol. The average molecular weight is 389 g/mol. The molecule has 3 heterocycles. The van der Waals surface area contributed by atoms with Crippen LogP contribution in [-0.4, -0.2) is 25.5 Å². The van der Waals surface area contributed by atoms with Gasteiger partial charge in [0, 0.05) is 18.4 Å². The standard InChI is InChI=1S/C22H23N5O2/c1-16-12-17(2)27(25-16)15-20-8-9-21(29-20)22(28)24-19-13-23-26(14-19)11-10-18-6-4-3-5-7-18/h3-9,12-14H,10-11,15H2,1-2H3,(H,24,28). The largest absolute Gasteiger partial charge is 0.454 e. The van der Waals surface area contributed by atoms with Gasteiger partial charge in [0.15, 0.2) is 5.76 Å². The third-order valence-corrected chi connectivity index (χ3v) is 4.66. The Morgan fingerprint density at radius 3 is 2.72 bits per heavy atom. The number of nitrogens with one attached hydrogen (secondary N) is 1. The summed E-state index contributed by atoms with van der Waals surface area (Å²) < 4.78 is 9.37. The third kappa shape index (κ3) is 4.63. The number of anilines is 1. The molecule has 0 spiro atoms. The smallest absolute Gasteiger partial charge is 0.291 e. The number of hydrogen-bond donors (Lipinski definition) is 1. The van der Waals surface area contributed by atoms with Crippen LogP contribution >= 0.6 is 0 Å². The fourth-order valence-corrected chi connectivity index (χ4v) is 3.20. The van der Waals surface area contributed by atoms with E-state index in [2.05, 4.69) is 27.6 Å². The topological polar surface area (TPSA) is 77.9 Å². The van der Waals surface area contributed by atoms with E-state index in [9.17, 15) is 4.79 Å². The maximum Gasteiger partial charge on any atom is 0.291 e. The number of furan rings is 1. The van der Waals surface area contributed by atoms with Gasteiger partial charge in [-0.2, -0.15) is 10.2 Å². The summed E-state index contributed by atoms with van der Waals surface area (Å²) in [5.41, 5.74) is 3.89. The van der Waals surface area contributed by atoms with Gasteiger partial charge in [0.1, 0.15) is 5.76 Å². The Balaban J connectivity index is 1.34. The SMILES string of the molecule is Cc1cc(C)n(Cc2ccc(C(=O)Nc3cnn(CCc4ccccc4)c3)o2)n1. The van der Waals surface area contributed by atoms with Crippen molar-refractivity contribution in [2.75, 3.05) is 5.32 Å². The van der Waals surface area contributed by atoms with Crippen LogP contribution in [-0.2, 0) is 19.5 Å². The van der Waals surface area contributed by atoms with E-state index in [1.807, 2.05) is 53.7 Å². The van der Waals surface area contributed by atoms with E-state index >= 15 is 0 Å². The van der Waals surface area contributed by atoms with Gasteiger partial charge in [-0.25, -0.2) is 0 Å². The summed E-state index contributed by atoms with van der Waals surface area (Å²) in [6.07, 6.45) is 4.34. The Morgan fingerprint density at radius 2 is 1.97 bits per heavy atom. The molecule has 0 aliphatic carbocycles. The molecule has 7 nitrogen and oxygen atoms in total. The zero-order chi connectivity index (χ0) is 20.2. The van der Waals surface area contributed by atoms with Crippen molar-refractivity contribution >= 4 is 11.6 Å². The highest BCUT2D eigenvalue weighted by Gasteiger charge is 2.13. The zero-order valence-corrected chi connectivity index (χ0v) is 16.5. The summed E-state index contributed by atoms with van der Waals surface area (Å²) in [4.78, 5) is 12.5. The van der Waals surface area contributed by atoms with Crippen LogP contribution in [0.5, 0.6) is 0 Å². The number of carbonyl (C=O) groups is 1. The molecule has 0 radical (unpaired) electrons. The van der Waals surface area contributed by atoms with Crippen molar-refractivity contribution in [3.8, 4) is 0 Å². The molecule has 0 aliphatic rings. The molecule has 0 bridgehead atoms. The Labute approximate surface area is 169 Å². The predicted octanol–water partition coefficient (Wildman–Crippen LogP) is 3.83. The van der Waals surface area contributed by atoms with Gasteiger partial charge in [0.2, 0.25) is 0 Å². The molecule has 1 N–H and O–H groups in total. The molecule has 0 atom stereocenters. The second kappa shape index (κ2) is 8.18. The van der Waals surface area contributed by atoms with Crippen molar-refractivity contribution in [2.24, 2.45) is 0 Å². The Bertz CT molecular complexity index is 1110. The number of rotatable bonds is 7. The summed E-state index contributed by atoms with van der Waals surface area (Å²) in [6, 6.07) is 15.7. The number of hydrogen-bond acceptors (Lipinski definition) is 4. The van der Waals surface area contributed by atoms with Crippen LogP contribution < -0.4 is 5.32 Å². The fraction of sp³-hybridized carbons (Fsp3) is 0.227. The number of nitrogens with zero attached hydrogens (tertiary/aromatic N) is 4. The summed E-state index contributed by atoms with van der Waals surface area (Å²) in [5.74, 6) is 0.644. The molecule has 0 aliphatic heterocycles. The van der Waals surface area contributed by atoms with Crippen molar-refractivity contribution in [3.63, 3.8) is 0 Å². The molecule has 0 saturated carbocycles. The molecule has 3 aromatic heterocycles. The number of aryl methyl sites for hydroxylation is 4. The van der Waals surface area contributed by atoms with Gasteiger partial charge in [0.25, 0.3) is 5.91 Å². The van der Waals surface area contributed by atoms with Crippen molar-refractivity contribution in [3.05, 3.63) is 89.4 Å². The van der Waals surface area contributed by atoms with E-state index in [-0.39, 0.29) is 11.7 Å². The molecule has 148 valence electrons. The van der Waals surface area contributed by atoms with Crippen LogP contribution in [0.2, 0.25) is 0 Å². The normalized spacial score (nSPS) is 11.0. The van der Waals surface area contributed by atoms with Crippen molar-refractivity contribution < 1.29 is 9.21 Å². The third-order valence-electron chi connectivity index (χ3n) is 4.66. The van der Waals surface area contributed by atoms with Crippen molar-refractivity contribution in [2.45, 2.75) is 33.4 Å². The lowest BCUT2D eigenvalue weighted by molar-refractivity contribution is 0.0994. The molecule has 0 unspecified atom stereocenters. The molecular weight excluding hydrogens is 366 g/mol. The monoisotopic (exact) mass is 389 g/mol. The summed E-state index contributed by atoms with van der Waals surface area (Å²) in [5, 5.41) is 11.6. The first-order valence-electron chi connectivity index (χ1n) is 9.54. The summed E-state index contributed by atoms with van der Waals surface area (Å²) in [6.45, 7) is 5.17. The molecule has 1 aromatic carbocycles. The summed E-state index contributed by atoms with van der Waals surface area (Å²) >= 11 is 0. The van der Waals surface area contributed by atoms with Gasteiger partial charge < -0.3 is 9.73 Å². The molecule has 0 fully saturated rings. The highest BCUT2D eigenvalue weighted by molar-refractivity contribution is 6.02. The molecule has 7 heteroatoms. The average Bonchev–Trinajstić information content (AvgIpc) is 3.42. The van der Waals surface area contributed by atoms with E-state index in [1.54, 1.807) is 18.3 Å². The second-order valence-electron chi connectivity index (χ2n) is 7.03. The van der Waals surface area contributed by atoms with Crippen LogP contribution in [0.4, 0.5) is 5.69 Å². The molecule has 4 rings (SSSR count). The van der Waals surface area contributed by atoms with E-state index in [0.717, 1.165) is 24.4 Å². The minimum absolute atomic E-state index is 0.263. The number of amides is 1. The minimum Gasteiger partial charge on any atom is -0.454 e. The number of aromatic nitrogens is 4. The molecule has 4 aromatic rings. The molecule has 0 saturated heterocycles. The van der Waals surface area contributed by atoms with E-state index in [1.165, 1.54) is 5.56 Å². The van der Waals surface area contributed by atoms with Gasteiger partial charge in [0.05, 0.1) is 24.1 Å². The van der Waals surface area contributed by atoms with Crippen LogP contribution in [0, 0.1) is 13.8 Å².